The number of esters is 2. The molecule has 0 amide bonds. The van der Waals surface area contributed by atoms with Crippen molar-refractivity contribution in [1.82, 2.24) is 4.90 Å². The number of nitrogens with zero attached hydrogens (tertiary/aromatic N) is 1. The second-order valence-corrected chi connectivity index (χ2v) is 13.2. The first-order valence-electron chi connectivity index (χ1n) is 12.7. The highest BCUT2D eigenvalue weighted by molar-refractivity contribution is 7.73. The average molecular weight is 558 g/mol. The van der Waals surface area contributed by atoms with Crippen molar-refractivity contribution in [1.29, 1.82) is 0 Å². The Bertz CT molecular complexity index is 1140. The maximum atomic E-state index is 13.3. The summed E-state index contributed by atoms with van der Waals surface area (Å²) in [5.74, 6) is -0.879. The van der Waals surface area contributed by atoms with E-state index >= 15 is 0 Å². The zero-order valence-corrected chi connectivity index (χ0v) is 24.0. The lowest BCUT2D eigenvalue weighted by Crippen LogP contribution is -2.46. The van der Waals surface area contributed by atoms with Gasteiger partial charge in [-0.1, -0.05) is 121 Å². The molecule has 5 nitrogen and oxygen atoms in total. The Morgan fingerprint density at radius 3 is 1.21 bits per heavy atom. The first-order chi connectivity index (χ1) is 19.1. The van der Waals surface area contributed by atoms with Crippen LogP contribution in [0.3, 0.4) is 0 Å². The Hall–Kier alpha value is -3.36. The fraction of sp³-hybridized carbons (Fsp3) is 0.188. The molecule has 0 saturated carbocycles. The minimum Gasteiger partial charge on any atom is -0.469 e. The van der Waals surface area contributed by atoms with E-state index in [9.17, 15) is 9.59 Å². The van der Waals surface area contributed by atoms with Crippen molar-refractivity contribution in [3.8, 4) is 0 Å². The molecule has 1 unspecified atom stereocenters. The molecular formula is C32H33NO4P2. The summed E-state index contributed by atoms with van der Waals surface area (Å²) in [6, 6.07) is 40.8. The highest BCUT2D eigenvalue weighted by Gasteiger charge is 2.34. The van der Waals surface area contributed by atoms with Crippen molar-refractivity contribution < 1.29 is 19.1 Å². The zero-order chi connectivity index (χ0) is 27.5. The summed E-state index contributed by atoms with van der Waals surface area (Å²) in [5, 5.41) is 4.81. The predicted molar refractivity (Wildman–Crippen MR) is 162 cm³/mol. The third-order valence-electron chi connectivity index (χ3n) is 6.42. The summed E-state index contributed by atoms with van der Waals surface area (Å²) < 4.78 is 10.3. The summed E-state index contributed by atoms with van der Waals surface area (Å²) in [6.07, 6.45) is 1.08. The molecule has 4 aromatic rings. The fourth-order valence-electron chi connectivity index (χ4n) is 4.40. The van der Waals surface area contributed by atoms with Gasteiger partial charge in [0.25, 0.3) is 0 Å². The van der Waals surface area contributed by atoms with E-state index in [1.807, 2.05) is 72.8 Å². The number of carbonyl (C=O) groups is 2. The van der Waals surface area contributed by atoms with E-state index in [0.29, 0.717) is 12.6 Å². The molecule has 39 heavy (non-hydrogen) atoms. The van der Waals surface area contributed by atoms with E-state index in [1.54, 1.807) is 0 Å². The predicted octanol–water partition coefficient (Wildman–Crippen LogP) is 4.57. The van der Waals surface area contributed by atoms with Crippen molar-refractivity contribution in [2.75, 3.05) is 26.8 Å². The number of benzene rings is 4. The second-order valence-electron chi connectivity index (χ2n) is 8.89. The molecular weight excluding hydrogens is 524 g/mol. The van der Waals surface area contributed by atoms with Crippen molar-refractivity contribution >= 4 is 49.0 Å². The van der Waals surface area contributed by atoms with Gasteiger partial charge in [-0.25, -0.2) is 0 Å². The fourth-order valence-corrected chi connectivity index (χ4v) is 9.26. The van der Waals surface area contributed by atoms with Gasteiger partial charge in [0, 0.05) is 12.6 Å². The van der Waals surface area contributed by atoms with Crippen LogP contribution in [0.4, 0.5) is 0 Å². The minimum absolute atomic E-state index is 0.0807. The lowest BCUT2D eigenvalue weighted by Gasteiger charge is -2.36. The van der Waals surface area contributed by atoms with Crippen LogP contribution in [0.15, 0.2) is 121 Å². The van der Waals surface area contributed by atoms with Gasteiger partial charge in [0.15, 0.2) is 0 Å². The Morgan fingerprint density at radius 2 is 0.923 bits per heavy atom. The quantitative estimate of drug-likeness (QED) is 0.189. The Labute approximate surface area is 233 Å². The van der Waals surface area contributed by atoms with Crippen molar-refractivity contribution in [3.63, 3.8) is 0 Å². The Kier molecular flexibility index (Phi) is 10.8. The molecule has 0 spiro atoms. The normalized spacial score (nSPS) is 11.9. The topological polar surface area (TPSA) is 55.8 Å². The number of carbonyl (C=O) groups excluding carboxylic acids is 2. The highest BCUT2D eigenvalue weighted by atomic mass is 31.1. The number of hydrogen-bond donors (Lipinski definition) is 0. The lowest BCUT2D eigenvalue weighted by molar-refractivity contribution is -0.152. The van der Waals surface area contributed by atoms with Crippen molar-refractivity contribution in [2.24, 2.45) is 0 Å². The smallest absolute Gasteiger partial charge is 0.323 e. The van der Waals surface area contributed by atoms with E-state index in [0.717, 1.165) is 0 Å². The highest BCUT2D eigenvalue weighted by Crippen LogP contribution is 2.41. The summed E-state index contributed by atoms with van der Waals surface area (Å²) in [7, 11) is 0.977. The van der Waals surface area contributed by atoms with Crippen LogP contribution in [-0.2, 0) is 19.1 Å². The van der Waals surface area contributed by atoms with Crippen LogP contribution in [0.25, 0.3) is 0 Å². The van der Waals surface area contributed by atoms with E-state index in [1.165, 1.54) is 35.4 Å². The van der Waals surface area contributed by atoms with E-state index in [4.69, 9.17) is 9.47 Å². The number of rotatable bonds is 12. The van der Waals surface area contributed by atoms with Gasteiger partial charge in [0.1, 0.15) is 6.04 Å². The molecule has 0 aliphatic carbocycles. The van der Waals surface area contributed by atoms with Gasteiger partial charge in [-0.05, 0) is 37.1 Å². The number of hydrogen-bond acceptors (Lipinski definition) is 5. The van der Waals surface area contributed by atoms with Gasteiger partial charge in [-0.2, -0.15) is 0 Å². The molecule has 0 aliphatic heterocycles. The molecule has 0 aromatic heterocycles. The number of methoxy groups -OCH3 is 2. The summed E-state index contributed by atoms with van der Waals surface area (Å²) in [4.78, 5) is 28.0. The van der Waals surface area contributed by atoms with Crippen LogP contribution in [-0.4, -0.2) is 49.7 Å². The van der Waals surface area contributed by atoms with Crippen LogP contribution < -0.4 is 21.2 Å². The zero-order valence-electron chi connectivity index (χ0n) is 22.2. The standard InChI is InChI=1S/C32H33NO4P2/c1-36-31(34)23-30(32(35)37-2)33(24-38(26-15-7-3-8-16-26)27-17-9-4-10-18-27)25-39(28-19-11-5-12-20-28)29-21-13-6-14-22-29/h3-22,30H,23-25H2,1-2H3. The van der Waals surface area contributed by atoms with Gasteiger partial charge in [-0.15, -0.1) is 0 Å². The van der Waals surface area contributed by atoms with E-state index in [2.05, 4.69) is 53.4 Å². The van der Waals surface area contributed by atoms with Gasteiger partial charge < -0.3 is 9.47 Å². The maximum Gasteiger partial charge on any atom is 0.323 e. The second kappa shape index (κ2) is 14.7. The SMILES string of the molecule is COC(=O)CC(C(=O)OC)N(CP(c1ccccc1)c1ccccc1)CP(c1ccccc1)c1ccccc1. The first-order valence-corrected chi connectivity index (χ1v) is 15.8. The summed E-state index contributed by atoms with van der Waals surface area (Å²) in [6.45, 7) is 0. The Balaban J connectivity index is 1.81. The largest absolute Gasteiger partial charge is 0.469 e. The molecule has 0 aliphatic rings. The van der Waals surface area contributed by atoms with Crippen LogP contribution in [0.5, 0.6) is 0 Å². The molecule has 0 bridgehead atoms. The molecule has 7 heteroatoms. The van der Waals surface area contributed by atoms with Gasteiger partial charge in [0.05, 0.1) is 20.6 Å². The van der Waals surface area contributed by atoms with Crippen LogP contribution in [0.1, 0.15) is 6.42 Å². The third kappa shape index (κ3) is 7.83. The van der Waals surface area contributed by atoms with Crippen LogP contribution in [0.2, 0.25) is 0 Å². The molecule has 0 fully saturated rings. The van der Waals surface area contributed by atoms with Gasteiger partial charge >= 0.3 is 11.9 Å². The Morgan fingerprint density at radius 1 is 0.590 bits per heavy atom. The summed E-state index contributed by atoms with van der Waals surface area (Å²) in [5.41, 5.74) is 0. The maximum absolute atomic E-state index is 13.3. The molecule has 0 N–H and O–H groups in total. The van der Waals surface area contributed by atoms with E-state index < -0.39 is 33.8 Å². The molecule has 0 heterocycles. The average Bonchev–Trinajstić information content (AvgIpc) is 3.01. The molecule has 200 valence electrons. The van der Waals surface area contributed by atoms with Crippen molar-refractivity contribution in [3.05, 3.63) is 121 Å². The van der Waals surface area contributed by atoms with Crippen LogP contribution in [0, 0.1) is 0 Å². The molecule has 0 radical (unpaired) electrons. The molecule has 1 atom stereocenters. The molecule has 4 aromatic carbocycles. The number of ether oxygens (including phenoxy) is 2. The minimum atomic E-state index is -0.874. The third-order valence-corrected chi connectivity index (χ3v) is 11.4. The van der Waals surface area contributed by atoms with Gasteiger partial charge in [0.2, 0.25) is 0 Å². The van der Waals surface area contributed by atoms with Crippen molar-refractivity contribution in [2.45, 2.75) is 12.5 Å². The monoisotopic (exact) mass is 557 g/mol. The lowest BCUT2D eigenvalue weighted by atomic mass is 10.2. The van der Waals surface area contributed by atoms with Crippen LogP contribution >= 0.6 is 15.8 Å². The molecule has 4 rings (SSSR count). The molecule has 0 saturated heterocycles. The van der Waals surface area contributed by atoms with E-state index in [-0.39, 0.29) is 6.42 Å². The van der Waals surface area contributed by atoms with Gasteiger partial charge in [-0.3, -0.25) is 14.5 Å². The summed E-state index contributed by atoms with van der Waals surface area (Å²) >= 11 is 0. The first kappa shape index (κ1) is 28.6.